The maximum atomic E-state index is 11.1. The Kier molecular flexibility index (Phi) is 5.19. The molecule has 2 rings (SSSR count). The van der Waals surface area contributed by atoms with Crippen LogP contribution in [0.4, 0.5) is 0 Å². The molecule has 2 aromatic carbocycles. The number of benzene rings is 2. The van der Waals surface area contributed by atoms with Crippen molar-refractivity contribution >= 4 is 12.6 Å². The van der Waals surface area contributed by atoms with Gasteiger partial charge in [0.1, 0.15) is 12.6 Å². The summed E-state index contributed by atoms with van der Waals surface area (Å²) in [4.78, 5) is 21.9. The monoisotopic (exact) mass is 316 g/mol. The molecule has 2 aromatic rings. The van der Waals surface area contributed by atoms with Crippen molar-refractivity contribution in [3.8, 4) is 28.7 Å². The van der Waals surface area contributed by atoms with Gasteiger partial charge in [-0.1, -0.05) is 0 Å². The van der Waals surface area contributed by atoms with Crippen LogP contribution in [0, 0.1) is 0 Å². The van der Waals surface area contributed by atoms with Crippen LogP contribution < -0.4 is 18.9 Å². The van der Waals surface area contributed by atoms with E-state index >= 15 is 0 Å². The third-order valence-electron chi connectivity index (χ3n) is 3.15. The molecule has 0 radical (unpaired) electrons. The summed E-state index contributed by atoms with van der Waals surface area (Å²) in [6.45, 7) is 0. The number of aldehydes is 2. The predicted octanol–water partition coefficient (Wildman–Crippen LogP) is 3.13. The number of hydrogen-bond donors (Lipinski definition) is 0. The first-order valence-corrected chi connectivity index (χ1v) is 6.69. The summed E-state index contributed by atoms with van der Waals surface area (Å²) >= 11 is 0. The Hall–Kier alpha value is -3.02. The standard InChI is InChI=1S/C17H16O6/c1-20-14-6-11(9-18)4-5-13(14)23-16-8-12(10-19)7-15(21-2)17(16)22-3/h4-10H,1-3H3. The summed E-state index contributed by atoms with van der Waals surface area (Å²) in [5, 5.41) is 0. The van der Waals surface area contributed by atoms with Crippen LogP contribution in [-0.2, 0) is 0 Å². The van der Waals surface area contributed by atoms with Crippen LogP contribution in [-0.4, -0.2) is 33.9 Å². The first-order valence-electron chi connectivity index (χ1n) is 6.69. The van der Waals surface area contributed by atoms with Crippen LogP contribution in [0.25, 0.3) is 0 Å². The average Bonchev–Trinajstić information content (AvgIpc) is 2.61. The second kappa shape index (κ2) is 7.31. The van der Waals surface area contributed by atoms with Gasteiger partial charge >= 0.3 is 0 Å². The molecule has 0 aliphatic carbocycles. The lowest BCUT2D eigenvalue weighted by molar-refractivity contribution is 0.111. The molecule has 120 valence electrons. The zero-order chi connectivity index (χ0) is 16.8. The summed E-state index contributed by atoms with van der Waals surface area (Å²) in [5.74, 6) is 1.77. The molecule has 0 heterocycles. The summed E-state index contributed by atoms with van der Waals surface area (Å²) in [5.41, 5.74) is 0.835. The Morgan fingerprint density at radius 1 is 0.696 bits per heavy atom. The second-order valence-corrected chi connectivity index (χ2v) is 4.50. The van der Waals surface area contributed by atoms with Crippen molar-refractivity contribution in [1.29, 1.82) is 0 Å². The van der Waals surface area contributed by atoms with Crippen LogP contribution in [0.5, 0.6) is 28.7 Å². The van der Waals surface area contributed by atoms with E-state index in [-0.39, 0.29) is 0 Å². The van der Waals surface area contributed by atoms with Gasteiger partial charge in [-0.25, -0.2) is 0 Å². The van der Waals surface area contributed by atoms with Crippen molar-refractivity contribution in [2.75, 3.05) is 21.3 Å². The van der Waals surface area contributed by atoms with Gasteiger partial charge in [-0.2, -0.15) is 0 Å². The van der Waals surface area contributed by atoms with Gasteiger partial charge in [0.15, 0.2) is 23.0 Å². The molecule has 0 N–H and O–H groups in total. The Balaban J connectivity index is 2.50. The van der Waals surface area contributed by atoms with Crippen molar-refractivity contribution in [2.45, 2.75) is 0 Å². The molecule has 0 saturated carbocycles. The van der Waals surface area contributed by atoms with Crippen molar-refractivity contribution < 1.29 is 28.5 Å². The van der Waals surface area contributed by atoms with E-state index in [1.54, 1.807) is 24.3 Å². The molecule has 6 nitrogen and oxygen atoms in total. The first kappa shape index (κ1) is 16.4. The van der Waals surface area contributed by atoms with Crippen molar-refractivity contribution in [2.24, 2.45) is 0 Å². The highest BCUT2D eigenvalue weighted by molar-refractivity contribution is 5.79. The quantitative estimate of drug-likeness (QED) is 0.731. The smallest absolute Gasteiger partial charge is 0.203 e. The molecule has 0 aliphatic rings. The minimum atomic E-state index is 0.297. The summed E-state index contributed by atoms with van der Waals surface area (Å²) in [6.07, 6.45) is 1.39. The van der Waals surface area contributed by atoms with Crippen LogP contribution in [0.15, 0.2) is 30.3 Å². The SMILES string of the molecule is COc1cc(C=O)ccc1Oc1cc(C=O)cc(OC)c1OC. The van der Waals surface area contributed by atoms with Gasteiger partial charge in [0.25, 0.3) is 0 Å². The summed E-state index contributed by atoms with van der Waals surface area (Å²) < 4.78 is 21.5. The van der Waals surface area contributed by atoms with E-state index in [1.165, 1.54) is 27.4 Å². The van der Waals surface area contributed by atoms with Crippen LogP contribution >= 0.6 is 0 Å². The van der Waals surface area contributed by atoms with E-state index in [2.05, 4.69) is 0 Å². The van der Waals surface area contributed by atoms with Crippen molar-refractivity contribution in [1.82, 2.24) is 0 Å². The third kappa shape index (κ3) is 3.42. The number of carbonyl (C=O) groups excluding carboxylic acids is 2. The highest BCUT2D eigenvalue weighted by Gasteiger charge is 2.16. The zero-order valence-corrected chi connectivity index (χ0v) is 13.0. The molecule has 0 saturated heterocycles. The fourth-order valence-corrected chi connectivity index (χ4v) is 2.05. The van der Waals surface area contributed by atoms with E-state index in [9.17, 15) is 9.59 Å². The lowest BCUT2D eigenvalue weighted by Gasteiger charge is -2.16. The van der Waals surface area contributed by atoms with Gasteiger partial charge in [-0.15, -0.1) is 0 Å². The molecule has 0 unspecified atom stereocenters. The topological polar surface area (TPSA) is 71.1 Å². The Bertz CT molecular complexity index is 723. The van der Waals surface area contributed by atoms with E-state index in [0.717, 1.165) is 0 Å². The number of ether oxygens (including phenoxy) is 4. The number of hydrogen-bond acceptors (Lipinski definition) is 6. The molecule has 0 bridgehead atoms. The van der Waals surface area contributed by atoms with Crippen molar-refractivity contribution in [3.63, 3.8) is 0 Å². The lowest BCUT2D eigenvalue weighted by Crippen LogP contribution is -1.98. The predicted molar refractivity (Wildman–Crippen MR) is 83.4 cm³/mol. The van der Waals surface area contributed by atoms with Crippen molar-refractivity contribution in [3.05, 3.63) is 41.5 Å². The van der Waals surface area contributed by atoms with Gasteiger partial charge in [0.05, 0.1) is 21.3 Å². The first-order chi connectivity index (χ1) is 11.2. The highest BCUT2D eigenvalue weighted by Crippen LogP contribution is 2.42. The molecule has 0 atom stereocenters. The Morgan fingerprint density at radius 3 is 1.87 bits per heavy atom. The molecule has 0 amide bonds. The lowest BCUT2D eigenvalue weighted by atomic mass is 10.2. The molecule has 0 spiro atoms. The number of methoxy groups -OCH3 is 3. The maximum absolute atomic E-state index is 11.1. The van der Waals surface area contributed by atoms with Gasteiger partial charge < -0.3 is 18.9 Å². The largest absolute Gasteiger partial charge is 0.493 e. The van der Waals surface area contributed by atoms with Crippen LogP contribution in [0.1, 0.15) is 20.7 Å². The number of carbonyl (C=O) groups is 2. The average molecular weight is 316 g/mol. The van der Waals surface area contributed by atoms with Crippen LogP contribution in [0.2, 0.25) is 0 Å². The molecule has 23 heavy (non-hydrogen) atoms. The Morgan fingerprint density at radius 2 is 1.30 bits per heavy atom. The second-order valence-electron chi connectivity index (χ2n) is 4.50. The molecule has 0 aromatic heterocycles. The highest BCUT2D eigenvalue weighted by atomic mass is 16.5. The van der Waals surface area contributed by atoms with E-state index < -0.39 is 0 Å². The molecular weight excluding hydrogens is 300 g/mol. The zero-order valence-electron chi connectivity index (χ0n) is 13.0. The molecule has 6 heteroatoms. The van der Waals surface area contributed by atoms with Crippen LogP contribution in [0.3, 0.4) is 0 Å². The minimum absolute atomic E-state index is 0.297. The van der Waals surface area contributed by atoms with Gasteiger partial charge in [0, 0.05) is 11.1 Å². The normalized spacial score (nSPS) is 9.87. The van der Waals surface area contributed by atoms with E-state index in [0.29, 0.717) is 52.4 Å². The number of rotatable bonds is 7. The molecular formula is C17H16O6. The van der Waals surface area contributed by atoms with E-state index in [1.807, 2.05) is 0 Å². The molecule has 0 aliphatic heterocycles. The molecule has 0 fully saturated rings. The van der Waals surface area contributed by atoms with E-state index in [4.69, 9.17) is 18.9 Å². The van der Waals surface area contributed by atoms with Gasteiger partial charge in [0.2, 0.25) is 5.75 Å². The fourth-order valence-electron chi connectivity index (χ4n) is 2.05. The van der Waals surface area contributed by atoms with Gasteiger partial charge in [-0.3, -0.25) is 9.59 Å². The summed E-state index contributed by atoms with van der Waals surface area (Å²) in [7, 11) is 4.41. The Labute approximate surface area is 133 Å². The minimum Gasteiger partial charge on any atom is -0.493 e. The maximum Gasteiger partial charge on any atom is 0.203 e. The fraction of sp³-hybridized carbons (Fsp3) is 0.176. The van der Waals surface area contributed by atoms with Gasteiger partial charge in [-0.05, 0) is 30.3 Å². The summed E-state index contributed by atoms with van der Waals surface area (Å²) in [6, 6.07) is 7.82. The third-order valence-corrected chi connectivity index (χ3v) is 3.15.